The lowest BCUT2D eigenvalue weighted by Crippen LogP contribution is -2.06. The summed E-state index contributed by atoms with van der Waals surface area (Å²) in [4.78, 5) is 30.2. The van der Waals surface area contributed by atoms with Crippen molar-refractivity contribution in [3.63, 3.8) is 0 Å². The Labute approximate surface area is 300 Å². The Morgan fingerprint density at radius 2 is 1.26 bits per heavy atom. The fourth-order valence-electron chi connectivity index (χ4n) is 5.07. The number of benzene rings is 4. The van der Waals surface area contributed by atoms with Gasteiger partial charge in [-0.15, -0.1) is 0 Å². The van der Waals surface area contributed by atoms with Crippen LogP contribution in [-0.2, 0) is 0 Å². The molecule has 4 N–H and O–H groups in total. The fraction of sp³-hybridized carbons (Fsp3) is 0.0769. The number of anilines is 4. The summed E-state index contributed by atoms with van der Waals surface area (Å²) in [5, 5.41) is 23.5. The monoisotopic (exact) mass is 726 g/mol. The molecule has 270 valence electrons. The van der Waals surface area contributed by atoms with Gasteiger partial charge in [0.05, 0.1) is 25.1 Å². The van der Waals surface area contributed by atoms with Crippen molar-refractivity contribution < 1.29 is 46.8 Å². The summed E-state index contributed by atoms with van der Waals surface area (Å²) in [5.74, 6) is -4.53. The van der Waals surface area contributed by atoms with Gasteiger partial charge in [-0.05, 0) is 78.7 Å². The van der Waals surface area contributed by atoms with E-state index in [1.165, 1.54) is 68.0 Å². The molecule has 0 radical (unpaired) electrons. The van der Waals surface area contributed by atoms with Crippen molar-refractivity contribution in [2.45, 2.75) is 6.92 Å². The van der Waals surface area contributed by atoms with Crippen LogP contribution in [0.3, 0.4) is 0 Å². The third-order valence-electron chi connectivity index (χ3n) is 7.56. The lowest BCUT2D eigenvalue weighted by atomic mass is 10.0. The minimum atomic E-state index is -1.23. The Balaban J connectivity index is 0.000000204. The number of ether oxygens (including phenoxy) is 2. The number of halogens is 4. The predicted octanol–water partition coefficient (Wildman–Crippen LogP) is 9.34. The number of carboxylic acid groups (broad SMARTS) is 2. The number of pyridine rings is 2. The molecule has 0 atom stereocenters. The van der Waals surface area contributed by atoms with E-state index in [1.807, 2.05) is 6.92 Å². The summed E-state index contributed by atoms with van der Waals surface area (Å²) in [6.07, 6.45) is 2.75. The maximum absolute atomic E-state index is 14.6. The van der Waals surface area contributed by atoms with Gasteiger partial charge < -0.3 is 30.3 Å². The number of carbonyl (C=O) groups is 2. The van der Waals surface area contributed by atoms with Crippen LogP contribution in [-0.4, -0.2) is 45.8 Å². The van der Waals surface area contributed by atoms with Crippen LogP contribution in [0.25, 0.3) is 22.3 Å². The topological polar surface area (TPSA) is 143 Å². The van der Waals surface area contributed by atoms with Gasteiger partial charge in [-0.3, -0.25) is 0 Å². The maximum atomic E-state index is 14.6. The molecule has 0 aliphatic heterocycles. The van der Waals surface area contributed by atoms with Gasteiger partial charge in [-0.2, -0.15) is 0 Å². The van der Waals surface area contributed by atoms with Gasteiger partial charge in [0.25, 0.3) is 0 Å². The number of hydrogen-bond acceptors (Lipinski definition) is 8. The Kier molecular flexibility index (Phi) is 11.8. The summed E-state index contributed by atoms with van der Waals surface area (Å²) < 4.78 is 68.3. The largest absolute Gasteiger partial charge is 0.494 e. The van der Waals surface area contributed by atoms with E-state index in [4.69, 9.17) is 14.6 Å². The van der Waals surface area contributed by atoms with Gasteiger partial charge in [0, 0.05) is 29.6 Å². The highest BCUT2D eigenvalue weighted by atomic mass is 19.1. The molecule has 10 nitrogen and oxygen atoms in total. The van der Waals surface area contributed by atoms with E-state index < -0.39 is 35.2 Å². The van der Waals surface area contributed by atoms with Crippen LogP contribution in [0.15, 0.2) is 109 Å². The highest BCUT2D eigenvalue weighted by molar-refractivity contribution is 5.94. The van der Waals surface area contributed by atoms with E-state index in [2.05, 4.69) is 20.6 Å². The van der Waals surface area contributed by atoms with Crippen LogP contribution in [0.2, 0.25) is 0 Å². The predicted molar refractivity (Wildman–Crippen MR) is 190 cm³/mol. The van der Waals surface area contributed by atoms with Crippen LogP contribution < -0.4 is 20.1 Å². The van der Waals surface area contributed by atoms with Gasteiger partial charge in [0.15, 0.2) is 11.6 Å². The van der Waals surface area contributed by atoms with Crippen LogP contribution >= 0.6 is 0 Å². The van der Waals surface area contributed by atoms with E-state index >= 15 is 0 Å². The highest BCUT2D eigenvalue weighted by Gasteiger charge is 2.17. The number of rotatable bonds is 11. The number of aromatic carboxylic acids is 2. The molecule has 0 amide bonds. The first-order chi connectivity index (χ1) is 25.5. The second-order valence-electron chi connectivity index (χ2n) is 10.9. The van der Waals surface area contributed by atoms with Crippen molar-refractivity contribution in [1.82, 2.24) is 9.97 Å². The summed E-state index contributed by atoms with van der Waals surface area (Å²) in [7, 11) is 1.35. The zero-order valence-corrected chi connectivity index (χ0v) is 28.0. The molecule has 0 saturated carbocycles. The summed E-state index contributed by atoms with van der Waals surface area (Å²) >= 11 is 0. The van der Waals surface area contributed by atoms with E-state index in [9.17, 15) is 32.3 Å². The summed E-state index contributed by atoms with van der Waals surface area (Å²) in [6, 6.07) is 23.0. The number of nitrogens with one attached hydrogen (secondary N) is 2. The van der Waals surface area contributed by atoms with E-state index in [-0.39, 0.29) is 51.0 Å². The Bertz CT molecular complexity index is 2290. The zero-order chi connectivity index (χ0) is 38.1. The molecule has 14 heteroatoms. The minimum Gasteiger partial charge on any atom is -0.494 e. The fourth-order valence-corrected chi connectivity index (χ4v) is 5.07. The number of methoxy groups -OCH3 is 1. The van der Waals surface area contributed by atoms with Gasteiger partial charge in [-0.25, -0.2) is 37.1 Å². The summed E-state index contributed by atoms with van der Waals surface area (Å²) in [5.41, 5.74) is 0.632. The van der Waals surface area contributed by atoms with E-state index in [0.717, 1.165) is 18.2 Å². The van der Waals surface area contributed by atoms with Crippen molar-refractivity contribution in [2.75, 3.05) is 24.4 Å². The summed E-state index contributed by atoms with van der Waals surface area (Å²) in [6.45, 7) is 2.29. The van der Waals surface area contributed by atoms with Crippen molar-refractivity contribution in [2.24, 2.45) is 0 Å². The molecule has 0 spiro atoms. The normalized spacial score (nSPS) is 10.5. The molecule has 0 bridgehead atoms. The average Bonchev–Trinajstić information content (AvgIpc) is 3.15. The Morgan fingerprint density at radius 3 is 1.87 bits per heavy atom. The van der Waals surface area contributed by atoms with Crippen LogP contribution in [0.5, 0.6) is 11.5 Å². The molecular weight excluding hydrogens is 696 g/mol. The number of carboxylic acids is 2. The smallest absolute Gasteiger partial charge is 0.339 e. The second-order valence-corrected chi connectivity index (χ2v) is 10.9. The first-order valence-electron chi connectivity index (χ1n) is 15.8. The molecule has 0 unspecified atom stereocenters. The molecule has 0 fully saturated rings. The highest BCUT2D eigenvalue weighted by Crippen LogP contribution is 2.33. The lowest BCUT2D eigenvalue weighted by molar-refractivity contribution is 0.0686. The molecule has 6 aromatic rings. The van der Waals surface area contributed by atoms with Crippen LogP contribution in [0.1, 0.15) is 27.6 Å². The molecule has 0 saturated heterocycles. The molecule has 2 aromatic heterocycles. The molecule has 4 aromatic carbocycles. The lowest BCUT2D eigenvalue weighted by Gasteiger charge is -2.12. The number of nitrogens with zero attached hydrogens (tertiary/aromatic N) is 2. The average molecular weight is 727 g/mol. The number of hydrogen-bond donors (Lipinski definition) is 4. The van der Waals surface area contributed by atoms with Gasteiger partial charge in [0.2, 0.25) is 0 Å². The quantitative estimate of drug-likeness (QED) is 0.0954. The van der Waals surface area contributed by atoms with Crippen molar-refractivity contribution in [3.05, 3.63) is 144 Å². The Hall–Kier alpha value is -6.96. The maximum Gasteiger partial charge on any atom is 0.339 e. The second kappa shape index (κ2) is 16.8. The van der Waals surface area contributed by atoms with E-state index in [1.54, 1.807) is 30.3 Å². The van der Waals surface area contributed by atoms with Crippen molar-refractivity contribution in [3.8, 4) is 33.8 Å². The van der Waals surface area contributed by atoms with Gasteiger partial charge >= 0.3 is 11.9 Å². The van der Waals surface area contributed by atoms with Gasteiger partial charge in [0.1, 0.15) is 46.0 Å². The standard InChI is InChI=1S/C20H16F2N2O3.C19H14F2N2O3/c1-2-27-13-6-3-5-12(9-13)15-10-17(22)18(11-16(15)21)24-19-14(20(25)26)7-4-8-23-19;1-26-16-6-2-4-12(17(16)21)11-7-8-15(14(20)10-11)23-18-13(19(24)25)5-3-9-22-18/h3-11H,2H2,1H3,(H,23,24)(H,25,26);2-10H,1H3,(H,22,23)(H,24,25). The molecule has 0 aliphatic carbocycles. The van der Waals surface area contributed by atoms with Crippen LogP contribution in [0.4, 0.5) is 40.6 Å². The van der Waals surface area contributed by atoms with Gasteiger partial charge in [-0.1, -0.05) is 30.3 Å². The first kappa shape index (κ1) is 37.3. The zero-order valence-electron chi connectivity index (χ0n) is 28.0. The molecule has 53 heavy (non-hydrogen) atoms. The van der Waals surface area contributed by atoms with Crippen LogP contribution in [0, 0.1) is 23.3 Å². The van der Waals surface area contributed by atoms with E-state index in [0.29, 0.717) is 23.5 Å². The first-order valence-corrected chi connectivity index (χ1v) is 15.8. The van der Waals surface area contributed by atoms with Crippen molar-refractivity contribution in [1.29, 1.82) is 0 Å². The third-order valence-corrected chi connectivity index (χ3v) is 7.56. The molecule has 6 rings (SSSR count). The Morgan fingerprint density at radius 1 is 0.660 bits per heavy atom. The third kappa shape index (κ3) is 8.86. The molecular formula is C39H30F4N4O6. The molecule has 2 heterocycles. The minimum absolute atomic E-state index is 0.0132. The number of aromatic nitrogens is 2. The molecule has 0 aliphatic rings. The SMILES string of the molecule is CCOc1cccc(-c2cc(F)c(Nc3ncccc3C(=O)O)cc2F)c1.COc1cccc(-c2ccc(Nc3ncccc3C(=O)O)c(F)c2)c1F. The van der Waals surface area contributed by atoms with Crippen molar-refractivity contribution >= 4 is 34.9 Å².